The molecular formula is C30H43Cl2NO3. The molecule has 0 radical (unpaired) electrons. The Balaban J connectivity index is 1.55. The van der Waals surface area contributed by atoms with Gasteiger partial charge in [0.2, 0.25) is 5.91 Å². The predicted molar refractivity (Wildman–Crippen MR) is 153 cm³/mol. The summed E-state index contributed by atoms with van der Waals surface area (Å²) in [5.41, 5.74) is 2.08. The number of phenols is 1. The smallest absolute Gasteiger partial charge is 0.227 e. The fourth-order valence-corrected chi connectivity index (χ4v) is 4.65. The summed E-state index contributed by atoms with van der Waals surface area (Å²) in [4.78, 5) is 12.2. The Bertz CT molecular complexity index is 915. The highest BCUT2D eigenvalue weighted by atomic mass is 35.5. The first-order valence-corrected chi connectivity index (χ1v) is 14.4. The molecule has 0 saturated heterocycles. The number of anilines is 1. The van der Waals surface area contributed by atoms with Crippen molar-refractivity contribution in [2.75, 3.05) is 11.9 Å². The van der Waals surface area contributed by atoms with Gasteiger partial charge in [0.05, 0.1) is 23.7 Å². The summed E-state index contributed by atoms with van der Waals surface area (Å²) in [6, 6.07) is 9.61. The third-order valence-corrected chi connectivity index (χ3v) is 7.39. The Morgan fingerprint density at radius 3 is 2.03 bits per heavy atom. The molecule has 4 nitrogen and oxygen atoms in total. The Labute approximate surface area is 227 Å². The molecule has 2 aromatic carbocycles. The molecule has 0 aliphatic heterocycles. The Kier molecular flexibility index (Phi) is 14.8. The lowest BCUT2D eigenvalue weighted by Gasteiger charge is -2.12. The van der Waals surface area contributed by atoms with Crippen LogP contribution in [0.2, 0.25) is 10.0 Å². The van der Waals surface area contributed by atoms with Crippen LogP contribution in [0.1, 0.15) is 102 Å². The summed E-state index contributed by atoms with van der Waals surface area (Å²) in [5, 5.41) is 13.3. The molecule has 0 spiro atoms. The van der Waals surface area contributed by atoms with Crippen LogP contribution in [0.3, 0.4) is 0 Å². The number of halogens is 2. The number of benzene rings is 2. The number of nitrogens with one attached hydrogen (secondary N) is 1. The van der Waals surface area contributed by atoms with Crippen molar-refractivity contribution in [2.45, 2.75) is 104 Å². The van der Waals surface area contributed by atoms with Crippen molar-refractivity contribution in [3.63, 3.8) is 0 Å². The molecule has 0 atom stereocenters. The van der Waals surface area contributed by atoms with Gasteiger partial charge >= 0.3 is 0 Å². The Morgan fingerprint density at radius 2 is 1.44 bits per heavy atom. The first kappa shape index (κ1) is 30.3. The van der Waals surface area contributed by atoms with Crippen molar-refractivity contribution in [3.05, 3.63) is 51.5 Å². The zero-order valence-electron chi connectivity index (χ0n) is 22.0. The van der Waals surface area contributed by atoms with Crippen LogP contribution in [0.15, 0.2) is 30.3 Å². The second kappa shape index (κ2) is 17.5. The minimum atomic E-state index is -0.287. The number of hydrogen-bond donors (Lipinski definition) is 2. The van der Waals surface area contributed by atoms with Crippen molar-refractivity contribution in [1.29, 1.82) is 0 Å². The maximum atomic E-state index is 12.2. The van der Waals surface area contributed by atoms with Crippen LogP contribution in [0.25, 0.3) is 0 Å². The molecule has 0 aliphatic rings. The highest BCUT2D eigenvalue weighted by molar-refractivity contribution is 6.37. The summed E-state index contributed by atoms with van der Waals surface area (Å²) >= 11 is 12.1. The van der Waals surface area contributed by atoms with Crippen LogP contribution < -0.4 is 10.1 Å². The molecule has 0 bridgehead atoms. The number of unbranched alkanes of at least 4 members (excludes halogenated alkanes) is 11. The van der Waals surface area contributed by atoms with E-state index in [1.54, 1.807) is 6.92 Å². The van der Waals surface area contributed by atoms with Gasteiger partial charge in [-0.1, -0.05) is 113 Å². The number of amides is 1. The average Bonchev–Trinajstić information content (AvgIpc) is 2.87. The number of aromatic hydroxyl groups is 1. The van der Waals surface area contributed by atoms with E-state index >= 15 is 0 Å². The monoisotopic (exact) mass is 535 g/mol. The van der Waals surface area contributed by atoms with Gasteiger partial charge in [-0.3, -0.25) is 4.79 Å². The summed E-state index contributed by atoms with van der Waals surface area (Å²) in [6.45, 7) is 4.21. The van der Waals surface area contributed by atoms with Crippen molar-refractivity contribution in [2.24, 2.45) is 0 Å². The third kappa shape index (κ3) is 11.4. The zero-order chi connectivity index (χ0) is 26.2. The molecule has 0 heterocycles. The second-order valence-corrected chi connectivity index (χ2v) is 10.4. The molecule has 2 aromatic rings. The molecule has 36 heavy (non-hydrogen) atoms. The number of hydrogen-bond acceptors (Lipinski definition) is 3. The molecule has 200 valence electrons. The largest absolute Gasteiger partial charge is 0.504 e. The van der Waals surface area contributed by atoms with E-state index in [1.807, 2.05) is 12.1 Å². The van der Waals surface area contributed by atoms with Gasteiger partial charge in [0, 0.05) is 5.02 Å². The first-order valence-electron chi connectivity index (χ1n) is 13.6. The van der Waals surface area contributed by atoms with E-state index in [1.165, 1.54) is 88.7 Å². The van der Waals surface area contributed by atoms with Gasteiger partial charge in [-0.15, -0.1) is 0 Å². The molecule has 6 heteroatoms. The maximum absolute atomic E-state index is 12.2. The molecule has 2 rings (SSSR count). The van der Waals surface area contributed by atoms with Gasteiger partial charge in [-0.2, -0.15) is 0 Å². The van der Waals surface area contributed by atoms with Crippen LogP contribution in [-0.2, 0) is 11.2 Å². The van der Waals surface area contributed by atoms with Gasteiger partial charge in [-0.25, -0.2) is 0 Å². The van der Waals surface area contributed by atoms with Crippen molar-refractivity contribution in [3.8, 4) is 11.5 Å². The lowest BCUT2D eigenvalue weighted by atomic mass is 10.0. The summed E-state index contributed by atoms with van der Waals surface area (Å²) in [5.74, 6) is 0.270. The first-order chi connectivity index (χ1) is 17.4. The number of aryl methyl sites for hydroxylation is 1. The number of rotatable bonds is 18. The lowest BCUT2D eigenvalue weighted by molar-refractivity contribution is -0.116. The zero-order valence-corrected chi connectivity index (χ0v) is 23.5. The minimum absolute atomic E-state index is 0.137. The third-order valence-electron chi connectivity index (χ3n) is 6.54. The Hall–Kier alpha value is -1.91. The van der Waals surface area contributed by atoms with E-state index in [0.717, 1.165) is 12.2 Å². The fraction of sp³-hybridized carbons (Fsp3) is 0.567. The standard InChI is InChI=1S/C30H43Cl2NO3/c1-3-4-5-6-7-8-9-10-11-12-13-14-15-24-16-18-25(19-17-24)36-21-20-28(34)33-27-22-26(31)23(2)29(32)30(27)35/h16-19,22,35H,3-15,20-21H2,1-2H3,(H,33,34). The van der Waals surface area contributed by atoms with Gasteiger partial charge in [0.15, 0.2) is 5.75 Å². The summed E-state index contributed by atoms with van der Waals surface area (Å²) in [7, 11) is 0. The number of phenolic OH excluding ortho intramolecular Hbond substituents is 1. The Morgan fingerprint density at radius 1 is 0.889 bits per heavy atom. The van der Waals surface area contributed by atoms with E-state index in [0.29, 0.717) is 10.6 Å². The van der Waals surface area contributed by atoms with E-state index in [2.05, 4.69) is 24.4 Å². The topological polar surface area (TPSA) is 58.6 Å². The van der Waals surface area contributed by atoms with E-state index in [9.17, 15) is 9.90 Å². The molecule has 1 amide bonds. The van der Waals surface area contributed by atoms with Crippen LogP contribution in [0, 0.1) is 6.92 Å². The van der Waals surface area contributed by atoms with Crippen LogP contribution in [-0.4, -0.2) is 17.6 Å². The molecule has 0 saturated carbocycles. The van der Waals surface area contributed by atoms with Gasteiger partial charge in [-0.05, 0) is 49.1 Å². The van der Waals surface area contributed by atoms with Gasteiger partial charge in [0.25, 0.3) is 0 Å². The number of carbonyl (C=O) groups is 1. The van der Waals surface area contributed by atoms with Crippen LogP contribution in [0.4, 0.5) is 5.69 Å². The van der Waals surface area contributed by atoms with Gasteiger partial charge < -0.3 is 15.2 Å². The maximum Gasteiger partial charge on any atom is 0.227 e. The summed E-state index contributed by atoms with van der Waals surface area (Å²) in [6.07, 6.45) is 17.6. The molecule has 0 fully saturated rings. The van der Waals surface area contributed by atoms with E-state index < -0.39 is 0 Å². The quantitative estimate of drug-likeness (QED) is 0.147. The van der Waals surface area contributed by atoms with Gasteiger partial charge in [0.1, 0.15) is 5.75 Å². The SMILES string of the molecule is CCCCCCCCCCCCCCc1ccc(OCCC(=O)Nc2cc(Cl)c(C)c(Cl)c2O)cc1. The van der Waals surface area contributed by atoms with E-state index in [4.69, 9.17) is 27.9 Å². The molecule has 0 aliphatic carbocycles. The van der Waals surface area contributed by atoms with Crippen molar-refractivity contribution < 1.29 is 14.6 Å². The average molecular weight is 537 g/mol. The molecular weight excluding hydrogens is 493 g/mol. The van der Waals surface area contributed by atoms with Crippen LogP contribution in [0.5, 0.6) is 11.5 Å². The number of ether oxygens (including phenoxy) is 1. The molecule has 2 N–H and O–H groups in total. The lowest BCUT2D eigenvalue weighted by Crippen LogP contribution is -2.15. The number of carbonyl (C=O) groups excluding carboxylic acids is 1. The predicted octanol–water partition coefficient (Wildman–Crippen LogP) is 9.66. The summed E-state index contributed by atoms with van der Waals surface area (Å²) < 4.78 is 5.71. The molecule has 0 unspecified atom stereocenters. The molecule has 0 aromatic heterocycles. The highest BCUT2D eigenvalue weighted by Gasteiger charge is 2.14. The highest BCUT2D eigenvalue weighted by Crippen LogP contribution is 2.38. The van der Waals surface area contributed by atoms with Crippen LogP contribution >= 0.6 is 23.2 Å². The van der Waals surface area contributed by atoms with Crippen molar-refractivity contribution in [1.82, 2.24) is 0 Å². The minimum Gasteiger partial charge on any atom is -0.504 e. The van der Waals surface area contributed by atoms with Crippen molar-refractivity contribution >= 4 is 34.8 Å². The second-order valence-electron chi connectivity index (χ2n) is 9.62. The normalized spacial score (nSPS) is 11.0. The fourth-order valence-electron chi connectivity index (χ4n) is 4.20. The van der Waals surface area contributed by atoms with E-state index in [-0.39, 0.29) is 35.4 Å².